The molecule has 146 valence electrons. The second kappa shape index (κ2) is 8.65. The number of esters is 1. The molecule has 0 radical (unpaired) electrons. The Labute approximate surface area is 170 Å². The van der Waals surface area contributed by atoms with Crippen molar-refractivity contribution in [1.82, 2.24) is 0 Å². The molecule has 1 heterocycles. The second-order valence-corrected chi connectivity index (χ2v) is 6.69. The summed E-state index contributed by atoms with van der Waals surface area (Å²) in [5, 5.41) is 1.95. The van der Waals surface area contributed by atoms with Gasteiger partial charge in [-0.3, -0.25) is 0 Å². The highest BCUT2D eigenvalue weighted by Crippen LogP contribution is 2.44. The molecule has 2 aliphatic carbocycles. The number of ether oxygens (including phenoxy) is 3. The standard InChI is InChI=1S/C25H22O4/c1-2-3-4-5-6-7-8-12-24(26)29-22-15-14-21-19(18-10-9-11-20(18)22)13-16-23-25(21)28-17-27-23/h4-16H,2-3,17H2,1H3/b5-4+,7-6+,12-8+. The lowest BCUT2D eigenvalue weighted by Crippen LogP contribution is -2.03. The number of fused-ring (bicyclic) bond motifs is 5. The van der Waals surface area contributed by atoms with Gasteiger partial charge in [0.05, 0.1) is 0 Å². The van der Waals surface area contributed by atoms with Crippen LogP contribution in [0.1, 0.15) is 19.8 Å². The number of benzene rings is 1. The Morgan fingerprint density at radius 2 is 1.79 bits per heavy atom. The Kier molecular flexibility index (Phi) is 5.61. The topological polar surface area (TPSA) is 44.8 Å². The quantitative estimate of drug-likeness (QED) is 0.294. The first-order valence-corrected chi connectivity index (χ1v) is 9.73. The Bertz CT molecular complexity index is 1090. The fraction of sp³-hybridized carbons (Fsp3) is 0.160. The Hall–Kier alpha value is -3.53. The molecule has 0 atom stereocenters. The van der Waals surface area contributed by atoms with Crippen LogP contribution in [0.2, 0.25) is 0 Å². The molecular weight excluding hydrogens is 364 g/mol. The molecule has 1 aliphatic heterocycles. The summed E-state index contributed by atoms with van der Waals surface area (Å²) in [5.74, 6) is 1.54. The molecule has 4 heteroatoms. The Balaban J connectivity index is 1.59. The molecule has 0 aromatic heterocycles. The molecule has 3 aliphatic rings. The van der Waals surface area contributed by atoms with Gasteiger partial charge in [-0.05, 0) is 41.6 Å². The van der Waals surface area contributed by atoms with Crippen LogP contribution < -0.4 is 14.2 Å². The maximum Gasteiger partial charge on any atom is 0.336 e. The molecule has 1 aromatic carbocycles. The molecule has 0 amide bonds. The average molecular weight is 386 g/mol. The highest BCUT2D eigenvalue weighted by molar-refractivity contribution is 6.03. The molecule has 0 bridgehead atoms. The lowest BCUT2D eigenvalue weighted by molar-refractivity contribution is -0.128. The van der Waals surface area contributed by atoms with Gasteiger partial charge in [0, 0.05) is 17.0 Å². The third-order valence-electron chi connectivity index (χ3n) is 4.72. The minimum atomic E-state index is -0.422. The summed E-state index contributed by atoms with van der Waals surface area (Å²) in [7, 11) is 0. The van der Waals surface area contributed by atoms with Crippen molar-refractivity contribution < 1.29 is 19.0 Å². The van der Waals surface area contributed by atoms with Crippen molar-refractivity contribution in [3.05, 3.63) is 78.9 Å². The Morgan fingerprint density at radius 3 is 2.69 bits per heavy atom. The van der Waals surface area contributed by atoms with E-state index in [0.717, 1.165) is 46.2 Å². The van der Waals surface area contributed by atoms with E-state index in [1.165, 1.54) is 6.08 Å². The lowest BCUT2D eigenvalue weighted by Gasteiger charge is -2.05. The predicted octanol–water partition coefficient (Wildman–Crippen LogP) is 6.05. The van der Waals surface area contributed by atoms with Crippen LogP contribution in [0, 0.1) is 0 Å². The number of hydrogen-bond acceptors (Lipinski definition) is 4. The van der Waals surface area contributed by atoms with E-state index < -0.39 is 5.97 Å². The molecule has 0 N–H and O–H groups in total. The van der Waals surface area contributed by atoms with Crippen LogP contribution in [0.15, 0.2) is 78.9 Å². The number of carbonyl (C=O) groups is 1. The first-order chi connectivity index (χ1) is 14.3. The first-order valence-electron chi connectivity index (χ1n) is 9.73. The predicted molar refractivity (Wildman–Crippen MR) is 115 cm³/mol. The molecule has 4 rings (SSSR count). The molecule has 0 unspecified atom stereocenters. The van der Waals surface area contributed by atoms with Crippen LogP contribution >= 0.6 is 0 Å². The van der Waals surface area contributed by atoms with Crippen LogP contribution in [-0.4, -0.2) is 12.8 Å². The van der Waals surface area contributed by atoms with Crippen molar-refractivity contribution in [2.45, 2.75) is 19.8 Å². The number of hydrogen-bond donors (Lipinski definition) is 0. The van der Waals surface area contributed by atoms with E-state index in [1.807, 2.05) is 60.7 Å². The maximum absolute atomic E-state index is 12.3. The minimum absolute atomic E-state index is 0.213. The zero-order chi connectivity index (χ0) is 20.1. The van der Waals surface area contributed by atoms with Gasteiger partial charge < -0.3 is 14.2 Å². The van der Waals surface area contributed by atoms with Crippen LogP contribution in [0.5, 0.6) is 17.2 Å². The number of rotatable bonds is 6. The van der Waals surface area contributed by atoms with Crippen molar-refractivity contribution in [1.29, 1.82) is 0 Å². The third-order valence-corrected chi connectivity index (χ3v) is 4.72. The van der Waals surface area contributed by atoms with Crippen LogP contribution in [-0.2, 0) is 4.79 Å². The maximum atomic E-state index is 12.3. The van der Waals surface area contributed by atoms with Gasteiger partial charge in [-0.2, -0.15) is 0 Å². The summed E-state index contributed by atoms with van der Waals surface area (Å²) < 4.78 is 16.8. The minimum Gasteiger partial charge on any atom is -0.454 e. The van der Waals surface area contributed by atoms with Gasteiger partial charge in [0.15, 0.2) is 11.5 Å². The van der Waals surface area contributed by atoms with Gasteiger partial charge in [0.25, 0.3) is 0 Å². The summed E-state index contributed by atoms with van der Waals surface area (Å²) in [6, 6.07) is 13.5. The van der Waals surface area contributed by atoms with Gasteiger partial charge in [-0.1, -0.05) is 61.9 Å². The summed E-state index contributed by atoms with van der Waals surface area (Å²) >= 11 is 0. The summed E-state index contributed by atoms with van der Waals surface area (Å²) in [6.07, 6.45) is 13.0. The fourth-order valence-electron chi connectivity index (χ4n) is 3.35. The normalized spacial score (nSPS) is 13.4. The molecule has 0 saturated heterocycles. The van der Waals surface area contributed by atoms with E-state index in [-0.39, 0.29) is 6.79 Å². The van der Waals surface area contributed by atoms with Crippen LogP contribution in [0.4, 0.5) is 0 Å². The monoisotopic (exact) mass is 386 g/mol. The van der Waals surface area contributed by atoms with E-state index in [0.29, 0.717) is 5.75 Å². The number of carbonyl (C=O) groups excluding carboxylic acids is 1. The average Bonchev–Trinajstić information content (AvgIpc) is 3.37. The van der Waals surface area contributed by atoms with Gasteiger partial charge in [-0.15, -0.1) is 0 Å². The molecule has 0 spiro atoms. The van der Waals surface area contributed by atoms with Crippen molar-refractivity contribution in [2.75, 3.05) is 6.79 Å². The second-order valence-electron chi connectivity index (χ2n) is 6.69. The van der Waals surface area contributed by atoms with Gasteiger partial charge in [0.2, 0.25) is 6.79 Å². The molecule has 0 saturated carbocycles. The molecule has 4 nitrogen and oxygen atoms in total. The Morgan fingerprint density at radius 1 is 0.966 bits per heavy atom. The number of allylic oxidation sites excluding steroid dienone is 5. The van der Waals surface area contributed by atoms with Crippen molar-refractivity contribution in [2.24, 2.45) is 0 Å². The smallest absolute Gasteiger partial charge is 0.336 e. The van der Waals surface area contributed by atoms with E-state index in [2.05, 4.69) is 13.0 Å². The highest BCUT2D eigenvalue weighted by atomic mass is 16.7. The van der Waals surface area contributed by atoms with E-state index in [9.17, 15) is 4.79 Å². The van der Waals surface area contributed by atoms with E-state index >= 15 is 0 Å². The zero-order valence-electron chi connectivity index (χ0n) is 16.3. The van der Waals surface area contributed by atoms with Gasteiger partial charge in [-0.25, -0.2) is 4.79 Å². The molecular formula is C25H22O4. The molecule has 0 fully saturated rings. The first kappa shape index (κ1) is 18.8. The third kappa shape index (κ3) is 4.02. The number of unbranched alkanes of at least 4 members (excludes halogenated alkanes) is 1. The van der Waals surface area contributed by atoms with Crippen molar-refractivity contribution >= 4 is 16.7 Å². The van der Waals surface area contributed by atoms with Crippen molar-refractivity contribution in [3.8, 4) is 28.4 Å². The molecule has 29 heavy (non-hydrogen) atoms. The molecule has 1 aromatic rings. The van der Waals surface area contributed by atoms with E-state index in [1.54, 1.807) is 6.08 Å². The largest absolute Gasteiger partial charge is 0.454 e. The summed E-state index contributed by atoms with van der Waals surface area (Å²) in [5.41, 5.74) is 1.87. The van der Waals surface area contributed by atoms with Crippen LogP contribution in [0.25, 0.3) is 21.9 Å². The van der Waals surface area contributed by atoms with Crippen LogP contribution in [0.3, 0.4) is 0 Å². The van der Waals surface area contributed by atoms with E-state index in [4.69, 9.17) is 14.2 Å². The van der Waals surface area contributed by atoms with Crippen molar-refractivity contribution in [3.63, 3.8) is 0 Å². The highest BCUT2D eigenvalue weighted by Gasteiger charge is 2.20. The van der Waals surface area contributed by atoms with Gasteiger partial charge >= 0.3 is 5.97 Å². The lowest BCUT2D eigenvalue weighted by atomic mass is 10.1. The SMILES string of the molecule is CCC/C=C/C=C/C=C/C(=O)Oc1ccc2c3c(ccc2c2cccc1-2)OCO3. The summed E-state index contributed by atoms with van der Waals surface area (Å²) in [4.78, 5) is 12.3. The van der Waals surface area contributed by atoms with Gasteiger partial charge in [0.1, 0.15) is 5.75 Å². The summed E-state index contributed by atoms with van der Waals surface area (Å²) in [6.45, 7) is 2.35. The zero-order valence-corrected chi connectivity index (χ0v) is 16.3. The fourth-order valence-corrected chi connectivity index (χ4v) is 3.35.